The fraction of sp³-hybridized carbons (Fsp3) is 0.500. The standard InChI is InChI=1S/C8H12N4O/c9-7-4-11-5-8(12-7)13-6-1-2-10-3-6/h4-6,10H,1-3H2,(H2,9,12)/t6-/m1/s1. The average Bonchev–Trinajstić information content (AvgIpc) is 2.57. The van der Waals surface area contributed by atoms with E-state index in [0.717, 1.165) is 19.5 Å². The molecule has 1 aliphatic rings. The van der Waals surface area contributed by atoms with Gasteiger partial charge in [-0.1, -0.05) is 0 Å². The third kappa shape index (κ3) is 2.06. The second kappa shape index (κ2) is 3.57. The Labute approximate surface area is 76.3 Å². The molecule has 0 bridgehead atoms. The second-order valence-electron chi connectivity index (χ2n) is 3.01. The van der Waals surface area contributed by atoms with Gasteiger partial charge in [-0.15, -0.1) is 0 Å². The molecular formula is C8H12N4O. The highest BCUT2D eigenvalue weighted by atomic mass is 16.5. The Hall–Kier alpha value is -1.36. The van der Waals surface area contributed by atoms with Crippen LogP contribution < -0.4 is 15.8 Å². The first-order valence-corrected chi connectivity index (χ1v) is 4.29. The first-order chi connectivity index (χ1) is 6.34. The number of ether oxygens (including phenoxy) is 1. The maximum Gasteiger partial charge on any atom is 0.234 e. The van der Waals surface area contributed by atoms with E-state index in [1.165, 1.54) is 6.20 Å². The number of rotatable bonds is 2. The maximum atomic E-state index is 5.54. The van der Waals surface area contributed by atoms with Gasteiger partial charge in [-0.3, -0.25) is 4.98 Å². The normalized spacial score (nSPS) is 21.7. The highest BCUT2D eigenvalue weighted by Gasteiger charge is 2.16. The van der Waals surface area contributed by atoms with Crippen molar-refractivity contribution in [2.45, 2.75) is 12.5 Å². The topological polar surface area (TPSA) is 73.1 Å². The van der Waals surface area contributed by atoms with Crippen molar-refractivity contribution in [3.05, 3.63) is 12.4 Å². The SMILES string of the molecule is Nc1cncc(O[C@@H]2CCNC2)n1. The Bertz CT molecular complexity index is 285. The molecule has 1 fully saturated rings. The first-order valence-electron chi connectivity index (χ1n) is 4.29. The lowest BCUT2D eigenvalue weighted by molar-refractivity contribution is 0.213. The van der Waals surface area contributed by atoms with Gasteiger partial charge in [0, 0.05) is 6.54 Å². The lowest BCUT2D eigenvalue weighted by atomic mass is 10.3. The molecule has 0 aliphatic carbocycles. The summed E-state index contributed by atoms with van der Waals surface area (Å²) in [5, 5.41) is 3.20. The van der Waals surface area contributed by atoms with Crippen molar-refractivity contribution in [2.75, 3.05) is 18.8 Å². The molecule has 0 amide bonds. The van der Waals surface area contributed by atoms with Gasteiger partial charge in [0.15, 0.2) is 0 Å². The van der Waals surface area contributed by atoms with Gasteiger partial charge in [0.2, 0.25) is 5.88 Å². The quantitative estimate of drug-likeness (QED) is 0.659. The van der Waals surface area contributed by atoms with E-state index in [9.17, 15) is 0 Å². The Morgan fingerprint density at radius 2 is 2.46 bits per heavy atom. The molecule has 2 rings (SSSR count). The smallest absolute Gasteiger partial charge is 0.234 e. The van der Waals surface area contributed by atoms with Crippen molar-refractivity contribution in [1.29, 1.82) is 0 Å². The number of nitrogen functional groups attached to an aromatic ring is 1. The van der Waals surface area contributed by atoms with Crippen molar-refractivity contribution in [3.8, 4) is 5.88 Å². The molecule has 3 N–H and O–H groups in total. The second-order valence-corrected chi connectivity index (χ2v) is 3.01. The third-order valence-electron chi connectivity index (χ3n) is 1.93. The molecular weight excluding hydrogens is 168 g/mol. The minimum atomic E-state index is 0.205. The van der Waals surface area contributed by atoms with Gasteiger partial charge in [-0.2, -0.15) is 4.98 Å². The van der Waals surface area contributed by atoms with Crippen molar-refractivity contribution in [1.82, 2.24) is 15.3 Å². The largest absolute Gasteiger partial charge is 0.472 e. The van der Waals surface area contributed by atoms with Gasteiger partial charge in [0.05, 0.1) is 12.4 Å². The number of nitrogens with two attached hydrogens (primary N) is 1. The van der Waals surface area contributed by atoms with E-state index in [1.807, 2.05) is 0 Å². The van der Waals surface area contributed by atoms with Gasteiger partial charge < -0.3 is 15.8 Å². The van der Waals surface area contributed by atoms with E-state index in [2.05, 4.69) is 15.3 Å². The number of nitrogens with one attached hydrogen (secondary N) is 1. The summed E-state index contributed by atoms with van der Waals surface area (Å²) in [4.78, 5) is 7.90. The number of hydrogen-bond acceptors (Lipinski definition) is 5. The van der Waals surface area contributed by atoms with Gasteiger partial charge in [-0.25, -0.2) is 0 Å². The predicted octanol–water partition coefficient (Wildman–Crippen LogP) is -0.201. The predicted molar refractivity (Wildman–Crippen MR) is 48.3 cm³/mol. The van der Waals surface area contributed by atoms with E-state index in [0.29, 0.717) is 11.7 Å². The lowest BCUT2D eigenvalue weighted by Crippen LogP contribution is -2.20. The molecule has 1 aromatic rings. The maximum absolute atomic E-state index is 5.54. The zero-order valence-corrected chi connectivity index (χ0v) is 7.23. The molecule has 5 heteroatoms. The Kier molecular flexibility index (Phi) is 2.27. The molecule has 0 spiro atoms. The van der Waals surface area contributed by atoms with Crippen molar-refractivity contribution in [3.63, 3.8) is 0 Å². The third-order valence-corrected chi connectivity index (χ3v) is 1.93. The van der Waals surface area contributed by atoms with E-state index < -0.39 is 0 Å². The van der Waals surface area contributed by atoms with Crippen LogP contribution >= 0.6 is 0 Å². The molecule has 0 saturated carbocycles. The van der Waals surface area contributed by atoms with Gasteiger partial charge in [0.1, 0.15) is 11.9 Å². The summed E-state index contributed by atoms with van der Waals surface area (Å²) in [5.41, 5.74) is 5.46. The number of anilines is 1. The minimum absolute atomic E-state index is 0.205. The summed E-state index contributed by atoms with van der Waals surface area (Å²) in [6.45, 7) is 1.87. The molecule has 1 atom stereocenters. The minimum Gasteiger partial charge on any atom is -0.472 e. The lowest BCUT2D eigenvalue weighted by Gasteiger charge is -2.10. The van der Waals surface area contributed by atoms with Crippen molar-refractivity contribution >= 4 is 5.82 Å². The van der Waals surface area contributed by atoms with Gasteiger partial charge in [-0.05, 0) is 13.0 Å². The van der Waals surface area contributed by atoms with Gasteiger partial charge >= 0.3 is 0 Å². The van der Waals surface area contributed by atoms with E-state index >= 15 is 0 Å². The fourth-order valence-electron chi connectivity index (χ4n) is 1.32. The number of nitrogens with zero attached hydrogens (tertiary/aromatic N) is 2. The fourth-order valence-corrected chi connectivity index (χ4v) is 1.32. The van der Waals surface area contributed by atoms with Crippen molar-refractivity contribution in [2.24, 2.45) is 0 Å². The summed E-state index contributed by atoms with van der Waals surface area (Å²) in [5.74, 6) is 0.900. The molecule has 0 unspecified atom stereocenters. The molecule has 5 nitrogen and oxygen atoms in total. The van der Waals surface area contributed by atoms with Crippen LogP contribution in [0.4, 0.5) is 5.82 Å². The van der Waals surface area contributed by atoms with E-state index in [4.69, 9.17) is 10.5 Å². The molecule has 0 aromatic carbocycles. The number of aromatic nitrogens is 2. The van der Waals surface area contributed by atoms with Crippen molar-refractivity contribution < 1.29 is 4.74 Å². The molecule has 1 aliphatic heterocycles. The Morgan fingerprint density at radius 3 is 3.15 bits per heavy atom. The monoisotopic (exact) mass is 180 g/mol. The van der Waals surface area contributed by atoms with Crippen LogP contribution in [-0.4, -0.2) is 29.2 Å². The van der Waals surface area contributed by atoms with Crippen LogP contribution in [0, 0.1) is 0 Å². The van der Waals surface area contributed by atoms with Crippen LogP contribution in [0.1, 0.15) is 6.42 Å². The molecule has 1 saturated heterocycles. The summed E-state index contributed by atoms with van der Waals surface area (Å²) in [7, 11) is 0. The summed E-state index contributed by atoms with van der Waals surface area (Å²) in [6, 6.07) is 0. The first kappa shape index (κ1) is 8.25. The van der Waals surface area contributed by atoms with Crippen LogP contribution in [0.25, 0.3) is 0 Å². The highest BCUT2D eigenvalue weighted by Crippen LogP contribution is 2.11. The van der Waals surface area contributed by atoms with Crippen LogP contribution in [0.2, 0.25) is 0 Å². The summed E-state index contributed by atoms with van der Waals surface area (Å²) in [6.07, 6.45) is 4.29. The van der Waals surface area contributed by atoms with Crippen LogP contribution in [0.15, 0.2) is 12.4 Å². The van der Waals surface area contributed by atoms with E-state index in [-0.39, 0.29) is 6.10 Å². The summed E-state index contributed by atoms with van der Waals surface area (Å²) < 4.78 is 5.54. The Balaban J connectivity index is 2.00. The molecule has 1 aromatic heterocycles. The number of hydrogen-bond donors (Lipinski definition) is 2. The molecule has 0 radical (unpaired) electrons. The summed E-state index contributed by atoms with van der Waals surface area (Å²) >= 11 is 0. The van der Waals surface area contributed by atoms with E-state index in [1.54, 1.807) is 6.20 Å². The van der Waals surface area contributed by atoms with Crippen LogP contribution in [-0.2, 0) is 0 Å². The van der Waals surface area contributed by atoms with Crippen LogP contribution in [0.3, 0.4) is 0 Å². The van der Waals surface area contributed by atoms with Crippen LogP contribution in [0.5, 0.6) is 5.88 Å². The zero-order chi connectivity index (χ0) is 9.10. The molecule has 70 valence electrons. The zero-order valence-electron chi connectivity index (χ0n) is 7.23. The molecule has 13 heavy (non-hydrogen) atoms. The molecule has 2 heterocycles. The Morgan fingerprint density at radius 1 is 1.54 bits per heavy atom. The highest BCUT2D eigenvalue weighted by molar-refractivity contribution is 5.26. The van der Waals surface area contributed by atoms with Gasteiger partial charge in [0.25, 0.3) is 0 Å². The average molecular weight is 180 g/mol.